The molecule has 0 aliphatic carbocycles. The molecule has 6 nitrogen and oxygen atoms in total. The lowest BCUT2D eigenvalue weighted by Crippen LogP contribution is -2.43. The maximum Gasteiger partial charge on any atom is 0.307 e. The minimum Gasteiger partial charge on any atom is -0.481 e. The number of carboxylic acid groups (broad SMARTS) is 1. The molecule has 116 valence electrons. The average molecular weight is 312 g/mol. The molecule has 0 atom stereocenters. The van der Waals surface area contributed by atoms with E-state index in [1.54, 1.807) is 24.3 Å². The standard InChI is InChI=1S/C14H20N2O4S/c17-14(18)10-12-6-2-3-7-13(12)11-15-21(19,20)16-8-4-1-5-9-16/h2-3,6-7,15H,1,4-5,8-11H2,(H,17,18). The van der Waals surface area contributed by atoms with Gasteiger partial charge < -0.3 is 5.11 Å². The summed E-state index contributed by atoms with van der Waals surface area (Å²) in [6.45, 7) is 1.21. The summed E-state index contributed by atoms with van der Waals surface area (Å²) < 4.78 is 28.4. The number of aliphatic carboxylic acids is 1. The van der Waals surface area contributed by atoms with E-state index in [1.807, 2.05) is 0 Å². The number of hydrogen-bond donors (Lipinski definition) is 2. The van der Waals surface area contributed by atoms with Crippen molar-refractivity contribution in [3.63, 3.8) is 0 Å². The molecule has 0 amide bonds. The first-order valence-corrected chi connectivity index (χ1v) is 8.46. The maximum atomic E-state index is 12.2. The van der Waals surface area contributed by atoms with Gasteiger partial charge in [0.15, 0.2) is 0 Å². The molecular formula is C14H20N2O4S. The van der Waals surface area contributed by atoms with Crippen LogP contribution in [0.5, 0.6) is 0 Å². The van der Waals surface area contributed by atoms with Crippen LogP contribution in [0.2, 0.25) is 0 Å². The second kappa shape index (κ2) is 7.02. The van der Waals surface area contributed by atoms with Gasteiger partial charge >= 0.3 is 5.97 Å². The molecule has 21 heavy (non-hydrogen) atoms. The molecular weight excluding hydrogens is 292 g/mol. The van der Waals surface area contributed by atoms with Gasteiger partial charge in [0.05, 0.1) is 6.42 Å². The Morgan fingerprint density at radius 1 is 1.14 bits per heavy atom. The molecule has 0 aromatic heterocycles. The van der Waals surface area contributed by atoms with Crippen molar-refractivity contribution in [2.24, 2.45) is 0 Å². The van der Waals surface area contributed by atoms with E-state index in [9.17, 15) is 13.2 Å². The second-order valence-corrected chi connectivity index (χ2v) is 6.88. The first-order chi connectivity index (χ1) is 9.99. The van der Waals surface area contributed by atoms with Crippen molar-refractivity contribution < 1.29 is 18.3 Å². The zero-order valence-electron chi connectivity index (χ0n) is 11.8. The quantitative estimate of drug-likeness (QED) is 0.824. The zero-order chi connectivity index (χ0) is 15.3. The second-order valence-electron chi connectivity index (χ2n) is 5.13. The highest BCUT2D eigenvalue weighted by atomic mass is 32.2. The molecule has 1 aromatic rings. The van der Waals surface area contributed by atoms with Gasteiger partial charge in [-0.1, -0.05) is 30.7 Å². The smallest absolute Gasteiger partial charge is 0.307 e. The van der Waals surface area contributed by atoms with E-state index in [4.69, 9.17) is 5.11 Å². The van der Waals surface area contributed by atoms with Crippen molar-refractivity contribution in [1.82, 2.24) is 9.03 Å². The molecule has 2 rings (SSSR count). The van der Waals surface area contributed by atoms with E-state index in [-0.39, 0.29) is 13.0 Å². The Kier molecular flexibility index (Phi) is 5.33. The van der Waals surface area contributed by atoms with E-state index >= 15 is 0 Å². The van der Waals surface area contributed by atoms with E-state index in [2.05, 4.69) is 4.72 Å². The number of piperidine rings is 1. The van der Waals surface area contributed by atoms with Crippen molar-refractivity contribution in [3.05, 3.63) is 35.4 Å². The van der Waals surface area contributed by atoms with Crippen molar-refractivity contribution in [3.8, 4) is 0 Å². The molecule has 1 aliphatic rings. The molecule has 0 spiro atoms. The number of nitrogens with zero attached hydrogens (tertiary/aromatic N) is 1. The number of hydrogen-bond acceptors (Lipinski definition) is 3. The number of carbonyl (C=O) groups is 1. The van der Waals surface area contributed by atoms with Crippen molar-refractivity contribution in [1.29, 1.82) is 0 Å². The molecule has 1 fully saturated rings. The van der Waals surface area contributed by atoms with Crippen LogP contribution >= 0.6 is 0 Å². The van der Waals surface area contributed by atoms with Crippen LogP contribution in [0.15, 0.2) is 24.3 Å². The van der Waals surface area contributed by atoms with Gasteiger partial charge in [-0.2, -0.15) is 17.4 Å². The van der Waals surface area contributed by atoms with Crippen molar-refractivity contribution in [2.75, 3.05) is 13.1 Å². The summed E-state index contributed by atoms with van der Waals surface area (Å²) in [6, 6.07) is 6.98. The first kappa shape index (κ1) is 15.9. The maximum absolute atomic E-state index is 12.2. The third kappa shape index (κ3) is 4.52. The predicted molar refractivity (Wildman–Crippen MR) is 79.0 cm³/mol. The third-order valence-corrected chi connectivity index (χ3v) is 5.11. The minimum atomic E-state index is -3.49. The average Bonchev–Trinajstić information content (AvgIpc) is 2.47. The van der Waals surface area contributed by atoms with Crippen LogP contribution in [0.25, 0.3) is 0 Å². The Morgan fingerprint density at radius 3 is 2.38 bits per heavy atom. The summed E-state index contributed by atoms with van der Waals surface area (Å²) in [6.07, 6.45) is 2.72. The van der Waals surface area contributed by atoms with Gasteiger partial charge in [0, 0.05) is 19.6 Å². The SMILES string of the molecule is O=C(O)Cc1ccccc1CNS(=O)(=O)N1CCCCC1. The van der Waals surface area contributed by atoms with Gasteiger partial charge in [-0.15, -0.1) is 0 Å². The van der Waals surface area contributed by atoms with Gasteiger partial charge in [0.25, 0.3) is 10.2 Å². The monoisotopic (exact) mass is 312 g/mol. The van der Waals surface area contributed by atoms with Crippen molar-refractivity contribution >= 4 is 16.2 Å². The van der Waals surface area contributed by atoms with E-state index in [0.29, 0.717) is 24.2 Å². The molecule has 7 heteroatoms. The Bertz CT molecular complexity index is 595. The molecule has 0 saturated carbocycles. The highest BCUT2D eigenvalue weighted by Crippen LogP contribution is 2.14. The fourth-order valence-electron chi connectivity index (χ4n) is 2.43. The van der Waals surface area contributed by atoms with E-state index < -0.39 is 16.2 Å². The Balaban J connectivity index is 2.03. The molecule has 1 heterocycles. The fourth-order valence-corrected chi connectivity index (χ4v) is 3.69. The summed E-state index contributed by atoms with van der Waals surface area (Å²) in [7, 11) is -3.49. The molecule has 0 unspecified atom stereocenters. The predicted octanol–water partition coefficient (Wildman–Crippen LogP) is 1.13. The lowest BCUT2D eigenvalue weighted by atomic mass is 10.1. The zero-order valence-corrected chi connectivity index (χ0v) is 12.6. The van der Waals surface area contributed by atoms with Crippen LogP contribution in [-0.2, 0) is 28.0 Å². The third-order valence-electron chi connectivity index (χ3n) is 3.56. The number of benzene rings is 1. The summed E-state index contributed by atoms with van der Waals surface area (Å²) in [5.41, 5.74) is 1.33. The topological polar surface area (TPSA) is 86.7 Å². The van der Waals surface area contributed by atoms with Gasteiger partial charge in [-0.3, -0.25) is 4.79 Å². The van der Waals surface area contributed by atoms with Gasteiger partial charge in [-0.25, -0.2) is 0 Å². The normalized spacial score (nSPS) is 16.8. The minimum absolute atomic E-state index is 0.110. The van der Waals surface area contributed by atoms with E-state index in [0.717, 1.165) is 19.3 Å². The molecule has 1 aliphatic heterocycles. The number of carboxylic acids is 1. The highest BCUT2D eigenvalue weighted by molar-refractivity contribution is 7.87. The molecule has 0 bridgehead atoms. The lowest BCUT2D eigenvalue weighted by molar-refractivity contribution is -0.136. The Morgan fingerprint density at radius 2 is 1.76 bits per heavy atom. The Hall–Kier alpha value is -1.44. The fraction of sp³-hybridized carbons (Fsp3) is 0.500. The van der Waals surface area contributed by atoms with Crippen LogP contribution in [0.4, 0.5) is 0 Å². The summed E-state index contributed by atoms with van der Waals surface area (Å²) in [4.78, 5) is 10.8. The van der Waals surface area contributed by atoms with Gasteiger partial charge in [0.1, 0.15) is 0 Å². The van der Waals surface area contributed by atoms with Gasteiger partial charge in [0.2, 0.25) is 0 Å². The molecule has 1 saturated heterocycles. The summed E-state index contributed by atoms with van der Waals surface area (Å²) >= 11 is 0. The van der Waals surface area contributed by atoms with Crippen LogP contribution < -0.4 is 4.72 Å². The van der Waals surface area contributed by atoms with Crippen LogP contribution in [-0.4, -0.2) is 36.9 Å². The largest absolute Gasteiger partial charge is 0.481 e. The Labute approximate surface area is 125 Å². The molecule has 0 radical (unpaired) electrons. The first-order valence-electron chi connectivity index (χ1n) is 7.02. The summed E-state index contributed by atoms with van der Waals surface area (Å²) in [5.74, 6) is -0.929. The number of nitrogens with one attached hydrogen (secondary N) is 1. The van der Waals surface area contributed by atoms with Crippen molar-refractivity contribution in [2.45, 2.75) is 32.2 Å². The van der Waals surface area contributed by atoms with Gasteiger partial charge in [-0.05, 0) is 24.0 Å². The van der Waals surface area contributed by atoms with Crippen LogP contribution in [0.3, 0.4) is 0 Å². The molecule has 2 N–H and O–H groups in total. The van der Waals surface area contributed by atoms with E-state index in [1.165, 1.54) is 4.31 Å². The molecule has 1 aromatic carbocycles. The van der Waals surface area contributed by atoms with Crippen LogP contribution in [0, 0.1) is 0 Å². The van der Waals surface area contributed by atoms with Crippen LogP contribution in [0.1, 0.15) is 30.4 Å². The lowest BCUT2D eigenvalue weighted by Gasteiger charge is -2.26. The summed E-state index contributed by atoms with van der Waals surface area (Å²) in [5, 5.41) is 8.88. The highest BCUT2D eigenvalue weighted by Gasteiger charge is 2.23. The number of rotatable bonds is 6.